The molecule has 0 spiro atoms. The van der Waals surface area contributed by atoms with Gasteiger partial charge in [-0.2, -0.15) is 13.2 Å². The summed E-state index contributed by atoms with van der Waals surface area (Å²) in [5.41, 5.74) is 0.406. The van der Waals surface area contributed by atoms with E-state index in [0.29, 0.717) is 23.1 Å². The Hall–Kier alpha value is -2.17. The Morgan fingerprint density at radius 1 is 0.969 bits per heavy atom. The third kappa shape index (κ3) is 4.92. The van der Waals surface area contributed by atoms with E-state index in [9.17, 15) is 21.6 Å². The monoisotopic (exact) mass is 516 g/mol. The lowest BCUT2D eigenvalue weighted by atomic mass is 9.99. The maximum absolute atomic E-state index is 13.3. The minimum atomic E-state index is -4.66. The summed E-state index contributed by atoms with van der Waals surface area (Å²) in [7, 11) is -4.28. The molecule has 0 amide bonds. The number of benzene rings is 3. The molecule has 166 valence electrons. The molecule has 1 aromatic heterocycles. The van der Waals surface area contributed by atoms with Crippen molar-refractivity contribution in [2.24, 2.45) is 5.14 Å². The van der Waals surface area contributed by atoms with Gasteiger partial charge in [0.05, 0.1) is 25.7 Å². The van der Waals surface area contributed by atoms with Crippen LogP contribution >= 0.6 is 34.5 Å². The highest BCUT2D eigenvalue weighted by molar-refractivity contribution is 7.89. The fraction of sp³-hybridized carbons (Fsp3) is 0.0952. The van der Waals surface area contributed by atoms with Crippen molar-refractivity contribution in [2.75, 3.05) is 0 Å². The molecule has 0 aliphatic carbocycles. The van der Waals surface area contributed by atoms with Gasteiger partial charge in [0.25, 0.3) is 0 Å². The molecule has 3 aromatic carbocycles. The number of nitrogens with two attached hydrogens (primary N) is 1. The van der Waals surface area contributed by atoms with Crippen LogP contribution in [0.3, 0.4) is 0 Å². The summed E-state index contributed by atoms with van der Waals surface area (Å²) in [5, 5.41) is 6.78. The first kappa shape index (κ1) is 23.0. The second kappa shape index (κ2) is 8.31. The zero-order chi connectivity index (χ0) is 23.3. The zero-order valence-corrected chi connectivity index (χ0v) is 19.1. The van der Waals surface area contributed by atoms with Gasteiger partial charge in [0, 0.05) is 22.0 Å². The number of sulfonamides is 1. The van der Waals surface area contributed by atoms with Crippen molar-refractivity contribution in [2.45, 2.75) is 17.5 Å². The number of hydrogen-bond acceptors (Lipinski definition) is 4. The van der Waals surface area contributed by atoms with Gasteiger partial charge in [-0.05, 0) is 59.7 Å². The molecule has 0 radical (unpaired) electrons. The maximum atomic E-state index is 13.3. The fourth-order valence-corrected chi connectivity index (χ4v) is 5.43. The number of thiazole rings is 1. The van der Waals surface area contributed by atoms with E-state index < -0.39 is 26.7 Å². The fourth-order valence-electron chi connectivity index (χ4n) is 3.29. The average molecular weight is 517 g/mol. The van der Waals surface area contributed by atoms with E-state index >= 15 is 0 Å². The van der Waals surface area contributed by atoms with E-state index in [4.69, 9.17) is 28.3 Å². The minimum absolute atomic E-state index is 0.179. The molecule has 0 aliphatic rings. The first-order valence-electron chi connectivity index (χ1n) is 8.99. The molecule has 0 fully saturated rings. The van der Waals surface area contributed by atoms with E-state index in [1.54, 1.807) is 24.3 Å². The highest BCUT2D eigenvalue weighted by Crippen LogP contribution is 2.37. The van der Waals surface area contributed by atoms with Crippen LogP contribution in [0.2, 0.25) is 10.0 Å². The van der Waals surface area contributed by atoms with E-state index in [2.05, 4.69) is 4.98 Å². The summed E-state index contributed by atoms with van der Waals surface area (Å²) in [4.78, 5) is 4.11. The third-order valence-corrected chi connectivity index (χ3v) is 7.09. The normalized spacial score (nSPS) is 12.4. The first-order chi connectivity index (χ1) is 14.9. The van der Waals surface area contributed by atoms with Crippen LogP contribution in [-0.2, 0) is 22.6 Å². The maximum Gasteiger partial charge on any atom is 0.416 e. The Morgan fingerprint density at radius 2 is 1.72 bits per heavy atom. The minimum Gasteiger partial charge on any atom is -0.241 e. The number of alkyl halides is 3. The molecule has 0 unspecified atom stereocenters. The predicted octanol–water partition coefficient (Wildman–Crippen LogP) is 6.53. The molecule has 32 heavy (non-hydrogen) atoms. The SMILES string of the molecule is NS(=O)(=O)c1ccc(C(F)(F)F)cc1-c1cc(Cl)cc(Cc2nc3cc(Cl)ccc3s2)c1. The number of fused-ring (bicyclic) bond motifs is 1. The summed E-state index contributed by atoms with van der Waals surface area (Å²) in [6, 6.07) is 12.3. The molecule has 4 rings (SSSR count). The van der Waals surface area contributed by atoms with E-state index in [1.165, 1.54) is 17.4 Å². The second-order valence-electron chi connectivity index (χ2n) is 7.00. The lowest BCUT2D eigenvalue weighted by molar-refractivity contribution is -0.137. The Morgan fingerprint density at radius 3 is 2.41 bits per heavy atom. The van der Waals surface area contributed by atoms with Crippen LogP contribution in [0, 0.1) is 0 Å². The Kier molecular flexibility index (Phi) is 5.98. The van der Waals surface area contributed by atoms with Gasteiger partial charge < -0.3 is 0 Å². The number of aromatic nitrogens is 1. The molecule has 0 bridgehead atoms. The molecule has 4 nitrogen and oxygen atoms in total. The van der Waals surface area contributed by atoms with Gasteiger partial charge in [0.15, 0.2) is 0 Å². The third-order valence-electron chi connectivity index (χ3n) is 4.63. The van der Waals surface area contributed by atoms with E-state index in [1.807, 2.05) is 6.07 Å². The van der Waals surface area contributed by atoms with Crippen LogP contribution < -0.4 is 5.14 Å². The van der Waals surface area contributed by atoms with Gasteiger partial charge in [-0.1, -0.05) is 29.3 Å². The predicted molar refractivity (Wildman–Crippen MR) is 121 cm³/mol. The highest BCUT2D eigenvalue weighted by atomic mass is 35.5. The average Bonchev–Trinajstić information content (AvgIpc) is 3.06. The summed E-state index contributed by atoms with van der Waals surface area (Å²) in [5.74, 6) is 0. The summed E-state index contributed by atoms with van der Waals surface area (Å²) in [6.07, 6.45) is -4.32. The van der Waals surface area contributed by atoms with Crippen molar-refractivity contribution in [3.8, 4) is 11.1 Å². The Labute approximate surface area is 195 Å². The van der Waals surface area contributed by atoms with Crippen molar-refractivity contribution in [3.63, 3.8) is 0 Å². The molecule has 11 heteroatoms. The molecule has 1 heterocycles. The van der Waals surface area contributed by atoms with Crippen LogP contribution in [0.15, 0.2) is 59.5 Å². The van der Waals surface area contributed by atoms with Crippen LogP contribution in [-0.4, -0.2) is 13.4 Å². The molecular formula is C21H13Cl2F3N2O2S2. The van der Waals surface area contributed by atoms with Gasteiger partial charge in [0.1, 0.15) is 0 Å². The molecular weight excluding hydrogens is 504 g/mol. The molecule has 0 atom stereocenters. The molecule has 0 aliphatic heterocycles. The summed E-state index contributed by atoms with van der Waals surface area (Å²) >= 11 is 13.7. The van der Waals surface area contributed by atoms with Gasteiger partial charge >= 0.3 is 6.18 Å². The van der Waals surface area contributed by atoms with Crippen LogP contribution in [0.1, 0.15) is 16.1 Å². The largest absolute Gasteiger partial charge is 0.416 e. The number of halogens is 5. The molecule has 4 aromatic rings. The number of rotatable bonds is 4. The Bertz CT molecular complexity index is 1450. The highest BCUT2D eigenvalue weighted by Gasteiger charge is 2.32. The van der Waals surface area contributed by atoms with Crippen LogP contribution in [0.5, 0.6) is 0 Å². The quantitative estimate of drug-likeness (QED) is 0.335. The van der Waals surface area contributed by atoms with Crippen molar-refractivity contribution < 1.29 is 21.6 Å². The van der Waals surface area contributed by atoms with Gasteiger partial charge in [-0.3, -0.25) is 0 Å². The number of primary sulfonamides is 1. The molecule has 0 saturated heterocycles. The van der Waals surface area contributed by atoms with Gasteiger partial charge in [-0.25, -0.2) is 18.5 Å². The summed E-state index contributed by atoms with van der Waals surface area (Å²) in [6.45, 7) is 0. The van der Waals surface area contributed by atoms with Crippen LogP contribution in [0.25, 0.3) is 21.3 Å². The van der Waals surface area contributed by atoms with Crippen molar-refractivity contribution in [3.05, 3.63) is 80.8 Å². The van der Waals surface area contributed by atoms with Crippen LogP contribution in [0.4, 0.5) is 13.2 Å². The van der Waals surface area contributed by atoms with Gasteiger partial charge in [0.2, 0.25) is 10.0 Å². The zero-order valence-electron chi connectivity index (χ0n) is 16.0. The van der Waals surface area contributed by atoms with Gasteiger partial charge in [-0.15, -0.1) is 11.3 Å². The lowest BCUT2D eigenvalue weighted by Crippen LogP contribution is -2.15. The van der Waals surface area contributed by atoms with Crippen molar-refractivity contribution in [1.82, 2.24) is 4.98 Å². The topological polar surface area (TPSA) is 73.1 Å². The first-order valence-corrected chi connectivity index (χ1v) is 12.1. The van der Waals surface area contributed by atoms with E-state index in [-0.39, 0.29) is 16.1 Å². The smallest absolute Gasteiger partial charge is 0.241 e. The number of nitrogens with zero attached hydrogens (tertiary/aromatic N) is 1. The van der Waals surface area contributed by atoms with E-state index in [0.717, 1.165) is 27.4 Å². The summed E-state index contributed by atoms with van der Waals surface area (Å²) < 4.78 is 64.8. The molecule has 0 saturated carbocycles. The van der Waals surface area contributed by atoms with Crippen molar-refractivity contribution >= 4 is 54.8 Å². The molecule has 2 N–H and O–H groups in total. The van der Waals surface area contributed by atoms with Crippen molar-refractivity contribution in [1.29, 1.82) is 0 Å². The lowest BCUT2D eigenvalue weighted by Gasteiger charge is -2.14. The Balaban J connectivity index is 1.81. The standard InChI is InChI=1S/C21H13Cl2F3N2O2S2/c22-14-2-3-18-17(10-14)28-20(31-18)7-11-5-12(8-15(23)6-11)16-9-13(21(24,25)26)1-4-19(16)32(27,29)30/h1-6,8-10H,7H2,(H2,27,29,30). The number of hydrogen-bond donors (Lipinski definition) is 1. The second-order valence-corrected chi connectivity index (χ2v) is 10.5.